The molecule has 2 N–H and O–H groups in total. The summed E-state index contributed by atoms with van der Waals surface area (Å²) in [6.07, 6.45) is -0.335. The summed E-state index contributed by atoms with van der Waals surface area (Å²) in [5.41, 5.74) is 0. The monoisotopic (exact) mass is 290 g/mol. The van der Waals surface area contributed by atoms with E-state index in [9.17, 15) is 5.11 Å². The molecule has 1 unspecified atom stereocenters. The van der Waals surface area contributed by atoms with Crippen LogP contribution < -0.4 is 5.32 Å². The summed E-state index contributed by atoms with van der Waals surface area (Å²) in [5, 5.41) is 13.2. The van der Waals surface area contributed by atoms with Crippen molar-refractivity contribution in [2.24, 2.45) is 0 Å². The molecule has 1 saturated heterocycles. The third-order valence-electron chi connectivity index (χ3n) is 2.88. The van der Waals surface area contributed by atoms with Crippen molar-refractivity contribution >= 4 is 22.9 Å². The molecular formula is C12H19ClN2O2S. The van der Waals surface area contributed by atoms with Gasteiger partial charge in [-0.25, -0.2) is 0 Å². The van der Waals surface area contributed by atoms with E-state index in [-0.39, 0.29) is 6.10 Å². The Labute approximate surface area is 117 Å². The molecule has 0 bridgehead atoms. The zero-order valence-electron chi connectivity index (χ0n) is 10.3. The van der Waals surface area contributed by atoms with Gasteiger partial charge in [0, 0.05) is 37.6 Å². The number of rotatable bonds is 6. The summed E-state index contributed by atoms with van der Waals surface area (Å²) in [7, 11) is 0. The van der Waals surface area contributed by atoms with E-state index >= 15 is 0 Å². The fraction of sp³-hybridized carbons (Fsp3) is 0.667. The molecule has 1 aromatic heterocycles. The van der Waals surface area contributed by atoms with E-state index in [0.717, 1.165) is 37.2 Å². The first-order chi connectivity index (χ1) is 8.74. The molecule has 0 radical (unpaired) electrons. The van der Waals surface area contributed by atoms with Crippen LogP contribution >= 0.6 is 22.9 Å². The minimum absolute atomic E-state index is 0.335. The number of aliphatic hydroxyl groups excluding tert-OH is 1. The average Bonchev–Trinajstić information content (AvgIpc) is 2.76. The van der Waals surface area contributed by atoms with Crippen molar-refractivity contribution in [1.29, 1.82) is 0 Å². The Morgan fingerprint density at radius 3 is 2.89 bits per heavy atom. The van der Waals surface area contributed by atoms with E-state index in [1.807, 2.05) is 12.1 Å². The Hall–Kier alpha value is -0.170. The maximum absolute atomic E-state index is 9.92. The first-order valence-electron chi connectivity index (χ1n) is 6.17. The fourth-order valence-corrected chi connectivity index (χ4v) is 3.01. The number of β-amino-alcohol motifs (C(OH)–C–C–N with tert-alkyl or cyclic N) is 1. The SMILES string of the molecule is OC(CNCc1ccc(Cl)s1)CN1CCOCC1. The maximum Gasteiger partial charge on any atom is 0.0931 e. The van der Waals surface area contributed by atoms with Gasteiger partial charge < -0.3 is 15.2 Å². The second-order valence-electron chi connectivity index (χ2n) is 4.40. The molecule has 0 spiro atoms. The van der Waals surface area contributed by atoms with Crippen LogP contribution in [0.4, 0.5) is 0 Å². The van der Waals surface area contributed by atoms with Gasteiger partial charge in [0.15, 0.2) is 0 Å². The zero-order chi connectivity index (χ0) is 12.8. The van der Waals surface area contributed by atoms with E-state index in [0.29, 0.717) is 13.1 Å². The van der Waals surface area contributed by atoms with Crippen LogP contribution in [0.2, 0.25) is 4.34 Å². The summed E-state index contributed by atoms with van der Waals surface area (Å²) in [4.78, 5) is 3.43. The first kappa shape index (κ1) is 14.2. The van der Waals surface area contributed by atoms with Crippen LogP contribution in [-0.2, 0) is 11.3 Å². The van der Waals surface area contributed by atoms with Crippen molar-refractivity contribution in [2.75, 3.05) is 39.4 Å². The lowest BCUT2D eigenvalue weighted by Crippen LogP contribution is -2.43. The molecule has 1 atom stereocenters. The number of nitrogens with one attached hydrogen (secondary N) is 1. The van der Waals surface area contributed by atoms with Crippen LogP contribution in [0.3, 0.4) is 0 Å². The van der Waals surface area contributed by atoms with Crippen molar-refractivity contribution in [3.63, 3.8) is 0 Å². The van der Waals surface area contributed by atoms with Gasteiger partial charge in [-0.2, -0.15) is 0 Å². The van der Waals surface area contributed by atoms with Crippen molar-refractivity contribution in [3.8, 4) is 0 Å². The van der Waals surface area contributed by atoms with Crippen LogP contribution in [-0.4, -0.2) is 55.5 Å². The van der Waals surface area contributed by atoms with Crippen molar-refractivity contribution in [1.82, 2.24) is 10.2 Å². The molecule has 1 aromatic rings. The Morgan fingerprint density at radius 1 is 1.44 bits per heavy atom. The number of aliphatic hydroxyl groups is 1. The van der Waals surface area contributed by atoms with Crippen LogP contribution in [0, 0.1) is 0 Å². The quantitative estimate of drug-likeness (QED) is 0.826. The highest BCUT2D eigenvalue weighted by Crippen LogP contribution is 2.20. The minimum Gasteiger partial charge on any atom is -0.390 e. The minimum atomic E-state index is -0.335. The van der Waals surface area contributed by atoms with Crippen LogP contribution in [0.1, 0.15) is 4.88 Å². The number of hydrogen-bond acceptors (Lipinski definition) is 5. The van der Waals surface area contributed by atoms with Gasteiger partial charge >= 0.3 is 0 Å². The topological polar surface area (TPSA) is 44.7 Å². The predicted molar refractivity (Wildman–Crippen MR) is 74.3 cm³/mol. The van der Waals surface area contributed by atoms with Crippen molar-refractivity contribution in [2.45, 2.75) is 12.6 Å². The fourth-order valence-electron chi connectivity index (χ4n) is 1.96. The molecule has 2 heterocycles. The number of morpholine rings is 1. The smallest absolute Gasteiger partial charge is 0.0931 e. The Balaban J connectivity index is 1.60. The van der Waals surface area contributed by atoms with Crippen molar-refractivity contribution in [3.05, 3.63) is 21.3 Å². The van der Waals surface area contributed by atoms with E-state index in [2.05, 4.69) is 10.2 Å². The van der Waals surface area contributed by atoms with Crippen LogP contribution in [0.25, 0.3) is 0 Å². The van der Waals surface area contributed by atoms with E-state index in [4.69, 9.17) is 16.3 Å². The molecule has 102 valence electrons. The van der Waals surface area contributed by atoms with Crippen molar-refractivity contribution < 1.29 is 9.84 Å². The number of hydrogen-bond donors (Lipinski definition) is 2. The largest absolute Gasteiger partial charge is 0.390 e. The molecule has 0 aromatic carbocycles. The van der Waals surface area contributed by atoms with E-state index < -0.39 is 0 Å². The third-order valence-corrected chi connectivity index (χ3v) is 4.11. The van der Waals surface area contributed by atoms with E-state index in [1.165, 1.54) is 4.88 Å². The molecule has 1 fully saturated rings. The van der Waals surface area contributed by atoms with Crippen LogP contribution in [0.15, 0.2) is 12.1 Å². The van der Waals surface area contributed by atoms with Gasteiger partial charge in [-0.15, -0.1) is 11.3 Å². The molecule has 6 heteroatoms. The molecule has 18 heavy (non-hydrogen) atoms. The molecular weight excluding hydrogens is 272 g/mol. The maximum atomic E-state index is 9.92. The molecule has 4 nitrogen and oxygen atoms in total. The van der Waals surface area contributed by atoms with Gasteiger partial charge in [0.25, 0.3) is 0 Å². The summed E-state index contributed by atoms with van der Waals surface area (Å²) in [6, 6.07) is 3.90. The lowest BCUT2D eigenvalue weighted by molar-refractivity contribution is 0.0149. The summed E-state index contributed by atoms with van der Waals surface area (Å²) < 4.78 is 6.08. The predicted octanol–water partition coefficient (Wildman–Crippen LogP) is 1.18. The number of thiophene rings is 1. The second-order valence-corrected chi connectivity index (χ2v) is 6.20. The molecule has 2 rings (SSSR count). The Kier molecular flexibility index (Phi) is 5.88. The summed E-state index contributed by atoms with van der Waals surface area (Å²) in [5.74, 6) is 0. The zero-order valence-corrected chi connectivity index (χ0v) is 11.8. The van der Waals surface area contributed by atoms with E-state index in [1.54, 1.807) is 11.3 Å². The molecule has 1 aliphatic rings. The number of halogens is 1. The van der Waals surface area contributed by atoms with Gasteiger partial charge in [0.05, 0.1) is 23.7 Å². The van der Waals surface area contributed by atoms with Gasteiger partial charge in [0.2, 0.25) is 0 Å². The van der Waals surface area contributed by atoms with Gasteiger partial charge in [-0.3, -0.25) is 4.90 Å². The Bertz CT molecular complexity index is 356. The molecule has 0 saturated carbocycles. The Morgan fingerprint density at radius 2 is 2.22 bits per heavy atom. The number of nitrogens with zero attached hydrogens (tertiary/aromatic N) is 1. The highest BCUT2D eigenvalue weighted by atomic mass is 35.5. The lowest BCUT2D eigenvalue weighted by Gasteiger charge is -2.28. The summed E-state index contributed by atoms with van der Waals surface area (Å²) >= 11 is 7.42. The first-order valence-corrected chi connectivity index (χ1v) is 7.36. The highest BCUT2D eigenvalue weighted by molar-refractivity contribution is 7.16. The molecule has 0 amide bonds. The lowest BCUT2D eigenvalue weighted by atomic mass is 10.3. The third kappa shape index (κ3) is 4.84. The molecule has 1 aliphatic heterocycles. The van der Waals surface area contributed by atoms with Crippen LogP contribution in [0.5, 0.6) is 0 Å². The summed E-state index contributed by atoms with van der Waals surface area (Å²) in [6.45, 7) is 5.45. The van der Waals surface area contributed by atoms with Gasteiger partial charge in [-0.1, -0.05) is 11.6 Å². The van der Waals surface area contributed by atoms with Gasteiger partial charge in [-0.05, 0) is 12.1 Å². The van der Waals surface area contributed by atoms with Gasteiger partial charge in [0.1, 0.15) is 0 Å². The highest BCUT2D eigenvalue weighted by Gasteiger charge is 2.14. The standard InChI is InChI=1S/C12H19ClN2O2S/c13-12-2-1-11(18-12)8-14-7-10(16)9-15-3-5-17-6-4-15/h1-2,10,14,16H,3-9H2. The second kappa shape index (κ2) is 7.43. The average molecular weight is 291 g/mol. The normalized spacial score (nSPS) is 19.0. The number of ether oxygens (including phenoxy) is 1. The molecule has 0 aliphatic carbocycles.